The number of oxazole rings is 1. The SMILES string of the molecule is O=C(O)[C@@H]1CCC[C@H]1C(=O)c1ccc(-c2ccc(Nc3nc4cc(F)ccc4o3)cc2)cc1. The van der Waals surface area contributed by atoms with Crippen LogP contribution in [0.15, 0.2) is 71.1 Å². The van der Waals surface area contributed by atoms with Crippen molar-refractivity contribution in [3.8, 4) is 11.1 Å². The minimum absolute atomic E-state index is 0.0933. The number of benzene rings is 3. The van der Waals surface area contributed by atoms with Crippen molar-refractivity contribution in [2.75, 3.05) is 5.32 Å². The van der Waals surface area contributed by atoms with E-state index in [1.54, 1.807) is 12.1 Å². The van der Waals surface area contributed by atoms with Gasteiger partial charge in [0, 0.05) is 23.2 Å². The first-order chi connectivity index (χ1) is 16.0. The van der Waals surface area contributed by atoms with Gasteiger partial charge in [-0.15, -0.1) is 0 Å². The highest BCUT2D eigenvalue weighted by Gasteiger charge is 2.37. The first-order valence-electron chi connectivity index (χ1n) is 10.8. The van der Waals surface area contributed by atoms with Crippen molar-refractivity contribution in [1.29, 1.82) is 0 Å². The van der Waals surface area contributed by atoms with Gasteiger partial charge in [0.15, 0.2) is 11.4 Å². The number of carboxylic acid groups (broad SMARTS) is 1. The number of halogens is 1. The average molecular weight is 444 g/mol. The maximum absolute atomic E-state index is 13.3. The molecule has 0 amide bonds. The summed E-state index contributed by atoms with van der Waals surface area (Å²) in [5.74, 6) is -2.38. The van der Waals surface area contributed by atoms with Gasteiger partial charge in [0.2, 0.25) is 0 Å². The molecule has 1 aromatic heterocycles. The van der Waals surface area contributed by atoms with E-state index in [1.807, 2.05) is 36.4 Å². The Morgan fingerprint density at radius 3 is 2.30 bits per heavy atom. The molecular weight excluding hydrogens is 423 g/mol. The zero-order valence-electron chi connectivity index (χ0n) is 17.6. The van der Waals surface area contributed by atoms with Crippen LogP contribution in [-0.4, -0.2) is 21.8 Å². The van der Waals surface area contributed by atoms with Crippen LogP contribution in [0.3, 0.4) is 0 Å². The third-order valence-corrected chi connectivity index (χ3v) is 6.16. The fraction of sp³-hybridized carbons (Fsp3) is 0.192. The molecule has 3 aromatic carbocycles. The van der Waals surface area contributed by atoms with Crippen LogP contribution in [0.1, 0.15) is 29.6 Å². The van der Waals surface area contributed by atoms with E-state index in [-0.39, 0.29) is 17.6 Å². The van der Waals surface area contributed by atoms with E-state index in [4.69, 9.17) is 4.42 Å². The largest absolute Gasteiger partial charge is 0.481 e. The van der Waals surface area contributed by atoms with Gasteiger partial charge in [-0.1, -0.05) is 42.8 Å². The monoisotopic (exact) mass is 444 g/mol. The molecule has 166 valence electrons. The Morgan fingerprint density at radius 1 is 0.939 bits per heavy atom. The number of ketones is 1. The van der Waals surface area contributed by atoms with E-state index in [1.165, 1.54) is 18.2 Å². The Morgan fingerprint density at radius 2 is 1.61 bits per heavy atom. The quantitative estimate of drug-likeness (QED) is 0.351. The summed E-state index contributed by atoms with van der Waals surface area (Å²) in [5, 5.41) is 12.4. The summed E-state index contributed by atoms with van der Waals surface area (Å²) < 4.78 is 18.9. The molecule has 5 rings (SSSR count). The highest BCUT2D eigenvalue weighted by molar-refractivity contribution is 6.00. The van der Waals surface area contributed by atoms with Crippen LogP contribution in [0.2, 0.25) is 0 Å². The van der Waals surface area contributed by atoms with Gasteiger partial charge in [-0.05, 0) is 48.2 Å². The van der Waals surface area contributed by atoms with Crippen molar-refractivity contribution in [3.63, 3.8) is 0 Å². The second-order valence-corrected chi connectivity index (χ2v) is 8.26. The standard InChI is InChI=1S/C26H21FN2O4/c27-18-10-13-23-22(14-18)29-26(33-23)28-19-11-8-16(9-12-19)15-4-6-17(7-5-15)24(30)20-2-1-3-21(20)25(31)32/h4-14,20-21H,1-3H2,(H,28,29)(H,31,32)/t20-,21-/m1/s1. The van der Waals surface area contributed by atoms with Crippen LogP contribution in [0, 0.1) is 17.7 Å². The first kappa shape index (κ1) is 20.9. The number of hydrogen-bond donors (Lipinski definition) is 2. The first-order valence-corrected chi connectivity index (χ1v) is 10.8. The van der Waals surface area contributed by atoms with Crippen LogP contribution >= 0.6 is 0 Å². The van der Waals surface area contributed by atoms with E-state index in [9.17, 15) is 19.1 Å². The third kappa shape index (κ3) is 4.22. The minimum atomic E-state index is -0.888. The second kappa shape index (κ2) is 8.50. The Bertz CT molecular complexity index is 1330. The van der Waals surface area contributed by atoms with Gasteiger partial charge < -0.3 is 14.8 Å². The number of carboxylic acids is 1. The number of carbonyl (C=O) groups excluding carboxylic acids is 1. The lowest BCUT2D eigenvalue weighted by Crippen LogP contribution is -2.25. The number of aromatic nitrogens is 1. The maximum atomic E-state index is 13.3. The number of carbonyl (C=O) groups is 2. The van der Waals surface area contributed by atoms with Crippen molar-refractivity contribution < 1.29 is 23.5 Å². The van der Waals surface area contributed by atoms with Gasteiger partial charge in [0.25, 0.3) is 6.01 Å². The number of nitrogens with one attached hydrogen (secondary N) is 1. The van der Waals surface area contributed by atoms with Gasteiger partial charge in [0.05, 0.1) is 5.92 Å². The summed E-state index contributed by atoms with van der Waals surface area (Å²) >= 11 is 0. The number of nitrogens with zero attached hydrogens (tertiary/aromatic N) is 1. The lowest BCUT2D eigenvalue weighted by molar-refractivity contribution is -0.142. The molecule has 1 heterocycles. The molecule has 2 N–H and O–H groups in total. The van der Waals surface area contributed by atoms with E-state index in [0.717, 1.165) is 23.2 Å². The van der Waals surface area contributed by atoms with Crippen molar-refractivity contribution in [2.45, 2.75) is 19.3 Å². The predicted octanol–water partition coefficient (Wildman–Crippen LogP) is 6.06. The lowest BCUT2D eigenvalue weighted by Gasteiger charge is -2.14. The molecule has 0 unspecified atom stereocenters. The minimum Gasteiger partial charge on any atom is -0.481 e. The molecule has 0 saturated heterocycles. The van der Waals surface area contributed by atoms with Crippen molar-refractivity contribution in [1.82, 2.24) is 4.98 Å². The van der Waals surface area contributed by atoms with Crippen LogP contribution in [0.25, 0.3) is 22.2 Å². The zero-order valence-corrected chi connectivity index (χ0v) is 17.6. The van der Waals surface area contributed by atoms with Crippen molar-refractivity contribution in [3.05, 3.63) is 78.1 Å². The molecule has 7 heteroatoms. The number of hydrogen-bond acceptors (Lipinski definition) is 5. The summed E-state index contributed by atoms with van der Waals surface area (Å²) in [6.45, 7) is 0. The smallest absolute Gasteiger partial charge is 0.307 e. The summed E-state index contributed by atoms with van der Waals surface area (Å²) in [7, 11) is 0. The van der Waals surface area contributed by atoms with E-state index in [2.05, 4.69) is 10.3 Å². The predicted molar refractivity (Wildman–Crippen MR) is 122 cm³/mol. The molecule has 4 aromatic rings. The van der Waals surface area contributed by atoms with Gasteiger partial charge in [0.1, 0.15) is 11.3 Å². The van der Waals surface area contributed by atoms with Crippen LogP contribution < -0.4 is 5.32 Å². The summed E-state index contributed by atoms with van der Waals surface area (Å²) in [6, 6.07) is 19.3. The molecule has 1 aliphatic carbocycles. The Kier molecular flexibility index (Phi) is 5.38. The van der Waals surface area contributed by atoms with Gasteiger partial charge >= 0.3 is 5.97 Å². The molecule has 0 radical (unpaired) electrons. The number of anilines is 2. The fourth-order valence-electron chi connectivity index (χ4n) is 4.43. The normalized spacial score (nSPS) is 17.8. The van der Waals surface area contributed by atoms with Crippen molar-refractivity contribution in [2.24, 2.45) is 11.8 Å². The lowest BCUT2D eigenvalue weighted by atomic mass is 9.88. The topological polar surface area (TPSA) is 92.4 Å². The molecule has 1 saturated carbocycles. The average Bonchev–Trinajstić information content (AvgIpc) is 3.46. The molecule has 1 aliphatic rings. The number of fused-ring (bicyclic) bond motifs is 1. The van der Waals surface area contributed by atoms with Gasteiger partial charge in [-0.3, -0.25) is 9.59 Å². The molecular formula is C26H21FN2O4. The highest BCUT2D eigenvalue weighted by atomic mass is 19.1. The number of rotatable bonds is 6. The Labute approximate surface area is 189 Å². The molecule has 6 nitrogen and oxygen atoms in total. The Hall–Kier alpha value is -4.00. The highest BCUT2D eigenvalue weighted by Crippen LogP contribution is 2.35. The molecule has 1 fully saturated rings. The van der Waals surface area contributed by atoms with Gasteiger partial charge in [-0.25, -0.2) is 4.39 Å². The molecule has 0 bridgehead atoms. The van der Waals surface area contributed by atoms with Crippen LogP contribution in [0.4, 0.5) is 16.1 Å². The number of Topliss-reactive ketones (excluding diaryl/α,β-unsaturated/α-hetero) is 1. The van der Waals surface area contributed by atoms with Crippen LogP contribution in [-0.2, 0) is 4.79 Å². The van der Waals surface area contributed by atoms with E-state index in [0.29, 0.717) is 29.5 Å². The fourth-order valence-corrected chi connectivity index (χ4v) is 4.43. The van der Waals surface area contributed by atoms with Gasteiger partial charge in [-0.2, -0.15) is 4.98 Å². The maximum Gasteiger partial charge on any atom is 0.307 e. The Balaban J connectivity index is 1.29. The second-order valence-electron chi connectivity index (χ2n) is 8.26. The summed E-state index contributed by atoms with van der Waals surface area (Å²) in [6.07, 6.45) is 1.96. The molecule has 2 atom stereocenters. The molecule has 0 spiro atoms. The van der Waals surface area contributed by atoms with Crippen LogP contribution in [0.5, 0.6) is 0 Å². The van der Waals surface area contributed by atoms with E-state index >= 15 is 0 Å². The summed E-state index contributed by atoms with van der Waals surface area (Å²) in [5.41, 5.74) is 4.15. The van der Waals surface area contributed by atoms with Crippen molar-refractivity contribution >= 4 is 34.6 Å². The summed E-state index contributed by atoms with van der Waals surface area (Å²) in [4.78, 5) is 28.4. The van der Waals surface area contributed by atoms with E-state index < -0.39 is 17.8 Å². The molecule has 33 heavy (non-hydrogen) atoms. The molecule has 0 aliphatic heterocycles. The third-order valence-electron chi connectivity index (χ3n) is 6.16. The zero-order chi connectivity index (χ0) is 22.9. The number of aliphatic carboxylic acids is 1.